The van der Waals surface area contributed by atoms with Crippen molar-refractivity contribution in [3.05, 3.63) is 15.9 Å². The fourth-order valence-corrected chi connectivity index (χ4v) is 3.20. The van der Waals surface area contributed by atoms with E-state index in [4.69, 9.17) is 0 Å². The number of aromatic nitrogens is 2. The third-order valence-corrected chi connectivity index (χ3v) is 4.49. The van der Waals surface area contributed by atoms with Crippen LogP contribution in [0.25, 0.3) is 0 Å². The van der Waals surface area contributed by atoms with E-state index in [2.05, 4.69) is 45.3 Å². The monoisotopic (exact) mass is 328 g/mol. The molecule has 19 heavy (non-hydrogen) atoms. The number of halogens is 1. The van der Waals surface area contributed by atoms with Crippen molar-refractivity contribution in [2.45, 2.75) is 38.6 Å². The van der Waals surface area contributed by atoms with Gasteiger partial charge in [-0.2, -0.15) is 5.10 Å². The van der Waals surface area contributed by atoms with Crippen LogP contribution in [0.5, 0.6) is 0 Å². The summed E-state index contributed by atoms with van der Waals surface area (Å²) < 4.78 is 0.799. The number of piperidine rings is 1. The summed E-state index contributed by atoms with van der Waals surface area (Å²) in [4.78, 5) is 14.3. The zero-order valence-electron chi connectivity index (χ0n) is 11.7. The van der Waals surface area contributed by atoms with Crippen molar-refractivity contribution >= 4 is 21.8 Å². The molecule has 1 saturated heterocycles. The zero-order chi connectivity index (χ0) is 14.0. The van der Waals surface area contributed by atoms with Gasteiger partial charge in [-0.1, -0.05) is 13.8 Å². The number of rotatable bonds is 3. The second kappa shape index (κ2) is 6.05. The molecule has 2 N–H and O–H groups in total. The first-order valence-electron chi connectivity index (χ1n) is 6.74. The standard InChI is InChI=1S/C13H21BrN4O/c1-8(2)11-10(14)12(17-16-11)13(19)18(3)9-4-6-15-7-5-9/h8-9,15H,4-7H2,1-3H3,(H,16,17). The Morgan fingerprint density at radius 3 is 2.58 bits per heavy atom. The van der Waals surface area contributed by atoms with Crippen LogP contribution in [0.2, 0.25) is 0 Å². The molecule has 1 aliphatic heterocycles. The Balaban J connectivity index is 2.14. The lowest BCUT2D eigenvalue weighted by molar-refractivity contribution is 0.0696. The summed E-state index contributed by atoms with van der Waals surface area (Å²) in [7, 11) is 1.87. The first-order chi connectivity index (χ1) is 9.02. The van der Waals surface area contributed by atoms with Crippen LogP contribution in [0.3, 0.4) is 0 Å². The first-order valence-corrected chi connectivity index (χ1v) is 7.53. The summed E-state index contributed by atoms with van der Waals surface area (Å²) in [5.41, 5.74) is 1.46. The summed E-state index contributed by atoms with van der Waals surface area (Å²) in [6.07, 6.45) is 2.00. The molecule has 2 heterocycles. The summed E-state index contributed by atoms with van der Waals surface area (Å²) in [6, 6.07) is 0.305. The van der Waals surface area contributed by atoms with E-state index in [-0.39, 0.29) is 5.91 Å². The molecular formula is C13H21BrN4O. The van der Waals surface area contributed by atoms with Gasteiger partial charge in [0, 0.05) is 13.1 Å². The summed E-state index contributed by atoms with van der Waals surface area (Å²) in [6.45, 7) is 6.09. The van der Waals surface area contributed by atoms with Crippen molar-refractivity contribution in [1.29, 1.82) is 0 Å². The van der Waals surface area contributed by atoms with Crippen LogP contribution in [0.15, 0.2) is 4.47 Å². The van der Waals surface area contributed by atoms with Crippen LogP contribution in [-0.4, -0.2) is 47.2 Å². The maximum absolute atomic E-state index is 12.5. The smallest absolute Gasteiger partial charge is 0.275 e. The Labute approximate surface area is 122 Å². The minimum absolute atomic E-state index is 0.0121. The Kier molecular flexibility index (Phi) is 4.62. The average Bonchev–Trinajstić information content (AvgIpc) is 2.80. The number of nitrogens with one attached hydrogen (secondary N) is 2. The number of hydrogen-bond acceptors (Lipinski definition) is 3. The van der Waals surface area contributed by atoms with Gasteiger partial charge in [0.05, 0.1) is 10.2 Å². The number of H-pyrrole nitrogens is 1. The van der Waals surface area contributed by atoms with E-state index in [0.717, 1.165) is 36.1 Å². The van der Waals surface area contributed by atoms with E-state index in [0.29, 0.717) is 17.7 Å². The third kappa shape index (κ3) is 3.00. The number of aromatic amines is 1. The second-order valence-corrected chi connectivity index (χ2v) is 6.14. The van der Waals surface area contributed by atoms with Gasteiger partial charge in [-0.25, -0.2) is 0 Å². The second-order valence-electron chi connectivity index (χ2n) is 5.35. The normalized spacial score (nSPS) is 16.9. The number of nitrogens with zero attached hydrogens (tertiary/aromatic N) is 2. The summed E-state index contributed by atoms with van der Waals surface area (Å²) in [5, 5.41) is 10.4. The predicted octanol–water partition coefficient (Wildman–Crippen LogP) is 2.12. The van der Waals surface area contributed by atoms with Gasteiger partial charge in [0.15, 0.2) is 5.69 Å². The molecule has 0 radical (unpaired) electrons. The molecule has 0 aliphatic carbocycles. The van der Waals surface area contributed by atoms with Gasteiger partial charge >= 0.3 is 0 Å². The van der Waals surface area contributed by atoms with Gasteiger partial charge in [0.2, 0.25) is 0 Å². The van der Waals surface area contributed by atoms with Crippen LogP contribution in [-0.2, 0) is 0 Å². The molecule has 0 bridgehead atoms. The number of carbonyl (C=O) groups is 1. The van der Waals surface area contributed by atoms with E-state index in [9.17, 15) is 4.79 Å². The molecule has 0 spiro atoms. The van der Waals surface area contributed by atoms with Gasteiger partial charge in [0.25, 0.3) is 5.91 Å². The van der Waals surface area contributed by atoms with Crippen LogP contribution >= 0.6 is 15.9 Å². The minimum Gasteiger partial charge on any atom is -0.337 e. The van der Waals surface area contributed by atoms with Crippen molar-refractivity contribution < 1.29 is 4.79 Å². The highest BCUT2D eigenvalue weighted by Crippen LogP contribution is 2.27. The van der Waals surface area contributed by atoms with E-state index in [1.165, 1.54) is 0 Å². The van der Waals surface area contributed by atoms with Crippen molar-refractivity contribution in [2.24, 2.45) is 0 Å². The summed E-state index contributed by atoms with van der Waals surface area (Å²) in [5.74, 6) is 0.300. The zero-order valence-corrected chi connectivity index (χ0v) is 13.2. The van der Waals surface area contributed by atoms with E-state index in [1.54, 1.807) is 0 Å². The fraction of sp³-hybridized carbons (Fsp3) is 0.692. The molecule has 0 saturated carbocycles. The van der Waals surface area contributed by atoms with Gasteiger partial charge in [-0.15, -0.1) is 0 Å². The van der Waals surface area contributed by atoms with Gasteiger partial charge in [-0.05, 0) is 47.8 Å². The van der Waals surface area contributed by atoms with Crippen molar-refractivity contribution in [3.63, 3.8) is 0 Å². The number of amides is 1. The molecular weight excluding hydrogens is 308 g/mol. The minimum atomic E-state index is -0.0121. The van der Waals surface area contributed by atoms with E-state index < -0.39 is 0 Å². The Morgan fingerprint density at radius 2 is 2.05 bits per heavy atom. The summed E-state index contributed by atoms with van der Waals surface area (Å²) >= 11 is 3.49. The van der Waals surface area contributed by atoms with Gasteiger partial charge in [0.1, 0.15) is 0 Å². The molecule has 1 aromatic rings. The Hall–Kier alpha value is -0.880. The molecule has 1 aromatic heterocycles. The molecule has 106 valence electrons. The highest BCUT2D eigenvalue weighted by atomic mass is 79.9. The quantitative estimate of drug-likeness (QED) is 0.893. The van der Waals surface area contributed by atoms with Gasteiger partial charge < -0.3 is 10.2 Å². The Morgan fingerprint density at radius 1 is 1.42 bits per heavy atom. The fourth-order valence-electron chi connectivity index (χ4n) is 2.39. The molecule has 0 aromatic carbocycles. The van der Waals surface area contributed by atoms with Crippen LogP contribution < -0.4 is 5.32 Å². The lowest BCUT2D eigenvalue weighted by atomic mass is 10.0. The molecule has 1 aliphatic rings. The lowest BCUT2D eigenvalue weighted by Crippen LogP contribution is -2.44. The molecule has 1 amide bonds. The first kappa shape index (κ1) is 14.5. The molecule has 5 nitrogen and oxygen atoms in total. The molecule has 0 atom stereocenters. The SMILES string of the molecule is CC(C)c1[nH]nc(C(=O)N(C)C2CCNCC2)c1Br. The van der Waals surface area contributed by atoms with E-state index >= 15 is 0 Å². The molecule has 6 heteroatoms. The molecule has 1 fully saturated rings. The van der Waals surface area contributed by atoms with Crippen LogP contribution in [0, 0.1) is 0 Å². The molecule has 2 rings (SSSR count). The van der Waals surface area contributed by atoms with Crippen molar-refractivity contribution in [1.82, 2.24) is 20.4 Å². The average molecular weight is 329 g/mol. The van der Waals surface area contributed by atoms with Crippen LogP contribution in [0.1, 0.15) is 48.8 Å². The lowest BCUT2D eigenvalue weighted by Gasteiger charge is -2.31. The third-order valence-electron chi connectivity index (χ3n) is 3.69. The predicted molar refractivity (Wildman–Crippen MR) is 78.4 cm³/mol. The number of carbonyl (C=O) groups excluding carboxylic acids is 1. The highest BCUT2D eigenvalue weighted by molar-refractivity contribution is 9.10. The highest BCUT2D eigenvalue weighted by Gasteiger charge is 2.27. The largest absolute Gasteiger partial charge is 0.337 e. The maximum Gasteiger partial charge on any atom is 0.275 e. The van der Waals surface area contributed by atoms with Gasteiger partial charge in [-0.3, -0.25) is 9.89 Å². The number of hydrogen-bond donors (Lipinski definition) is 2. The maximum atomic E-state index is 12.5. The topological polar surface area (TPSA) is 61.0 Å². The van der Waals surface area contributed by atoms with Crippen molar-refractivity contribution in [2.75, 3.05) is 20.1 Å². The Bertz CT molecular complexity index is 451. The van der Waals surface area contributed by atoms with Crippen LogP contribution in [0.4, 0.5) is 0 Å². The van der Waals surface area contributed by atoms with E-state index in [1.807, 2.05) is 11.9 Å². The van der Waals surface area contributed by atoms with Crippen molar-refractivity contribution in [3.8, 4) is 0 Å². The molecule has 0 unspecified atom stereocenters.